The number of thiophene rings is 1. The van der Waals surface area contributed by atoms with Gasteiger partial charge in [0.2, 0.25) is 5.91 Å². The van der Waals surface area contributed by atoms with Crippen molar-refractivity contribution in [2.24, 2.45) is 0 Å². The molecule has 1 saturated heterocycles. The Morgan fingerprint density at radius 2 is 1.72 bits per heavy atom. The highest BCUT2D eigenvalue weighted by atomic mass is 32.1. The fourth-order valence-electron chi connectivity index (χ4n) is 4.95. The van der Waals surface area contributed by atoms with Crippen molar-refractivity contribution in [2.45, 2.75) is 12.5 Å². The van der Waals surface area contributed by atoms with Crippen LogP contribution < -0.4 is 0 Å². The zero-order valence-corrected chi connectivity index (χ0v) is 20.3. The molecule has 1 atom stereocenters. The van der Waals surface area contributed by atoms with E-state index in [4.69, 9.17) is 0 Å². The van der Waals surface area contributed by atoms with E-state index in [1.807, 2.05) is 11.4 Å². The van der Waals surface area contributed by atoms with Crippen molar-refractivity contribution in [3.05, 3.63) is 97.5 Å². The fourth-order valence-corrected chi connectivity index (χ4v) is 5.85. The van der Waals surface area contributed by atoms with E-state index < -0.39 is 4.92 Å². The van der Waals surface area contributed by atoms with Gasteiger partial charge in [0.15, 0.2) is 0 Å². The predicted octanol–water partition coefficient (Wildman–Crippen LogP) is 3.73. The van der Waals surface area contributed by atoms with Crippen molar-refractivity contribution < 1.29 is 18.9 Å². The molecule has 2 aliphatic rings. The number of rotatable bonds is 5. The van der Waals surface area contributed by atoms with Gasteiger partial charge in [-0.05, 0) is 53.3 Å². The van der Waals surface area contributed by atoms with Gasteiger partial charge in [-0.3, -0.25) is 24.6 Å². The molecule has 2 amide bonds. The average Bonchev–Trinajstić information content (AvgIpc) is 3.37. The summed E-state index contributed by atoms with van der Waals surface area (Å²) in [6.45, 7) is 2.54. The van der Waals surface area contributed by atoms with Gasteiger partial charge >= 0.3 is 0 Å². The minimum Gasteiger partial charge on any atom is -0.338 e. The summed E-state index contributed by atoms with van der Waals surface area (Å²) in [6.07, 6.45) is 0.851. The molecule has 1 aromatic heterocycles. The van der Waals surface area contributed by atoms with E-state index in [1.54, 1.807) is 27.2 Å². The number of halogens is 1. The molecule has 3 aromatic rings. The van der Waals surface area contributed by atoms with Crippen LogP contribution in [0.5, 0.6) is 0 Å². The summed E-state index contributed by atoms with van der Waals surface area (Å²) in [5.74, 6) is -0.517. The maximum absolute atomic E-state index is 14.0. The molecule has 0 radical (unpaired) electrons. The Balaban J connectivity index is 1.23. The lowest BCUT2D eigenvalue weighted by atomic mass is 9.93. The van der Waals surface area contributed by atoms with Gasteiger partial charge in [-0.1, -0.05) is 12.1 Å². The van der Waals surface area contributed by atoms with Crippen molar-refractivity contribution in [1.29, 1.82) is 0 Å². The molecule has 0 spiro atoms. The second-order valence-electron chi connectivity index (χ2n) is 8.95. The van der Waals surface area contributed by atoms with Gasteiger partial charge in [-0.2, -0.15) is 0 Å². The van der Waals surface area contributed by atoms with Crippen LogP contribution in [0.1, 0.15) is 32.4 Å². The summed E-state index contributed by atoms with van der Waals surface area (Å²) in [7, 11) is 0. The van der Waals surface area contributed by atoms with Gasteiger partial charge < -0.3 is 9.80 Å². The Kier molecular flexibility index (Phi) is 6.80. The summed E-state index contributed by atoms with van der Waals surface area (Å²) in [4.78, 5) is 43.2. The van der Waals surface area contributed by atoms with Gasteiger partial charge in [0.25, 0.3) is 11.6 Å². The maximum Gasteiger partial charge on any atom is 0.269 e. The largest absolute Gasteiger partial charge is 0.338 e. The lowest BCUT2D eigenvalue weighted by molar-refractivity contribution is -0.384. The number of nitro benzene ring substituents is 1. The highest BCUT2D eigenvalue weighted by Crippen LogP contribution is 2.37. The second-order valence-corrected chi connectivity index (χ2v) is 9.95. The van der Waals surface area contributed by atoms with Crippen LogP contribution in [0, 0.1) is 15.9 Å². The molecule has 3 heterocycles. The van der Waals surface area contributed by atoms with E-state index in [1.165, 1.54) is 41.3 Å². The number of hydrogen-bond donors (Lipinski definition) is 0. The number of nitro groups is 1. The highest BCUT2D eigenvalue weighted by molar-refractivity contribution is 7.10. The van der Waals surface area contributed by atoms with Crippen molar-refractivity contribution in [1.82, 2.24) is 14.7 Å². The first-order valence-electron chi connectivity index (χ1n) is 11.8. The van der Waals surface area contributed by atoms with Crippen LogP contribution in [0.2, 0.25) is 0 Å². The summed E-state index contributed by atoms with van der Waals surface area (Å²) in [6, 6.07) is 14.0. The van der Waals surface area contributed by atoms with E-state index >= 15 is 0 Å². The number of non-ortho nitro benzene ring substituents is 1. The fraction of sp³-hybridized carbons (Fsp3) is 0.308. The van der Waals surface area contributed by atoms with E-state index in [0.717, 1.165) is 17.5 Å². The minimum atomic E-state index is -0.501. The van der Waals surface area contributed by atoms with Crippen LogP contribution in [-0.4, -0.2) is 70.7 Å². The van der Waals surface area contributed by atoms with Gasteiger partial charge in [0.05, 0.1) is 17.5 Å². The Hall–Kier alpha value is -3.63. The number of amides is 2. The molecule has 2 aliphatic heterocycles. The normalized spacial score (nSPS) is 18.1. The number of fused-ring (bicyclic) bond motifs is 1. The van der Waals surface area contributed by atoms with E-state index in [-0.39, 0.29) is 35.9 Å². The second kappa shape index (κ2) is 10.2. The topological polar surface area (TPSA) is 87.0 Å². The van der Waals surface area contributed by atoms with Gasteiger partial charge in [0.1, 0.15) is 5.82 Å². The average molecular weight is 509 g/mol. The Labute approximate surface area is 211 Å². The lowest BCUT2D eigenvalue weighted by Gasteiger charge is -2.39. The maximum atomic E-state index is 14.0. The minimum absolute atomic E-state index is 0.0162. The number of hydrogen-bond acceptors (Lipinski definition) is 6. The third kappa shape index (κ3) is 4.87. The Morgan fingerprint density at radius 1 is 1.00 bits per heavy atom. The van der Waals surface area contributed by atoms with Crippen LogP contribution in [0.25, 0.3) is 0 Å². The van der Waals surface area contributed by atoms with Gasteiger partial charge in [0, 0.05) is 55.3 Å². The van der Waals surface area contributed by atoms with E-state index in [9.17, 15) is 24.1 Å². The molecular formula is C26H25FN4O4S. The number of benzene rings is 2. The third-order valence-corrected chi connectivity index (χ3v) is 7.81. The molecule has 1 unspecified atom stereocenters. The third-order valence-electron chi connectivity index (χ3n) is 6.81. The first kappa shape index (κ1) is 24.1. The quantitative estimate of drug-likeness (QED) is 0.387. The van der Waals surface area contributed by atoms with Crippen LogP contribution in [0.3, 0.4) is 0 Å². The number of nitrogens with zero attached hydrogens (tertiary/aromatic N) is 4. The van der Waals surface area contributed by atoms with E-state index in [2.05, 4.69) is 11.0 Å². The van der Waals surface area contributed by atoms with Crippen molar-refractivity contribution in [3.8, 4) is 0 Å². The SMILES string of the molecule is O=C(CN1CCc2sccc2C1c1cccc(F)c1)N1CCN(C(=O)c2ccc([N+](=O)[O-])cc2)CC1. The molecule has 0 aliphatic carbocycles. The molecule has 1 fully saturated rings. The predicted molar refractivity (Wildman–Crippen MR) is 133 cm³/mol. The Bertz CT molecular complexity index is 1290. The number of carbonyl (C=O) groups excluding carboxylic acids is 2. The number of piperazine rings is 1. The highest BCUT2D eigenvalue weighted by Gasteiger charge is 2.33. The molecule has 186 valence electrons. The number of carbonyl (C=O) groups is 2. The smallest absolute Gasteiger partial charge is 0.269 e. The molecule has 8 nitrogen and oxygen atoms in total. The molecule has 0 saturated carbocycles. The molecule has 0 N–H and O–H groups in total. The van der Waals surface area contributed by atoms with Crippen LogP contribution in [0.15, 0.2) is 60.0 Å². The molecular weight excluding hydrogens is 483 g/mol. The summed E-state index contributed by atoms with van der Waals surface area (Å²) in [5.41, 5.74) is 2.29. The lowest BCUT2D eigenvalue weighted by Crippen LogP contribution is -2.53. The Morgan fingerprint density at radius 3 is 2.42 bits per heavy atom. The first-order valence-corrected chi connectivity index (χ1v) is 12.7. The van der Waals surface area contributed by atoms with Gasteiger partial charge in [-0.25, -0.2) is 4.39 Å². The van der Waals surface area contributed by atoms with Crippen molar-refractivity contribution in [2.75, 3.05) is 39.3 Å². The zero-order chi connectivity index (χ0) is 25.2. The van der Waals surface area contributed by atoms with Crippen LogP contribution >= 0.6 is 11.3 Å². The summed E-state index contributed by atoms with van der Waals surface area (Å²) >= 11 is 1.69. The zero-order valence-electron chi connectivity index (χ0n) is 19.5. The molecule has 10 heteroatoms. The van der Waals surface area contributed by atoms with Crippen molar-refractivity contribution >= 4 is 28.8 Å². The molecule has 0 bridgehead atoms. The molecule has 5 rings (SSSR count). The van der Waals surface area contributed by atoms with E-state index in [0.29, 0.717) is 38.3 Å². The summed E-state index contributed by atoms with van der Waals surface area (Å²) in [5, 5.41) is 12.9. The summed E-state index contributed by atoms with van der Waals surface area (Å²) < 4.78 is 14.0. The molecule has 2 aromatic carbocycles. The monoisotopic (exact) mass is 508 g/mol. The van der Waals surface area contributed by atoms with Crippen LogP contribution in [-0.2, 0) is 11.2 Å². The van der Waals surface area contributed by atoms with Crippen molar-refractivity contribution in [3.63, 3.8) is 0 Å². The van der Waals surface area contributed by atoms with Crippen LogP contribution in [0.4, 0.5) is 10.1 Å². The molecule has 36 heavy (non-hydrogen) atoms. The van der Waals surface area contributed by atoms with Gasteiger partial charge in [-0.15, -0.1) is 11.3 Å². The standard InChI is InChI=1S/C26H25FN4O4S/c27-20-3-1-2-19(16-20)25-22-9-15-36-23(22)8-10-30(25)17-24(32)28-11-13-29(14-12-28)26(33)18-4-6-21(7-5-18)31(34)35/h1-7,9,15-16,25H,8,10-14,17H2. The first-order chi connectivity index (χ1) is 17.4.